The topological polar surface area (TPSA) is 77.1 Å². The van der Waals surface area contributed by atoms with Crippen molar-refractivity contribution in [1.29, 1.82) is 0 Å². The summed E-state index contributed by atoms with van der Waals surface area (Å²) in [7, 11) is 3.18. The van der Waals surface area contributed by atoms with Crippen LogP contribution in [0.2, 0.25) is 0 Å². The Hall–Kier alpha value is -2.70. The number of hydrogen-bond acceptors (Lipinski definition) is 5. The second-order valence-electron chi connectivity index (χ2n) is 8.01. The van der Waals surface area contributed by atoms with Gasteiger partial charge in [0.1, 0.15) is 17.1 Å². The number of likely N-dealkylation sites (tertiary alicyclic amines) is 1. The molecule has 1 unspecified atom stereocenters. The molecule has 0 aromatic heterocycles. The molecule has 1 atom stereocenters. The van der Waals surface area contributed by atoms with Crippen molar-refractivity contribution in [1.82, 2.24) is 10.2 Å². The monoisotopic (exact) mass is 404 g/mol. The Balaban J connectivity index is 2.04. The second kappa shape index (κ2) is 10.2. The van der Waals surface area contributed by atoms with Crippen molar-refractivity contribution in [2.24, 2.45) is 0 Å². The van der Waals surface area contributed by atoms with E-state index in [1.807, 2.05) is 31.7 Å². The predicted molar refractivity (Wildman–Crippen MR) is 112 cm³/mol. The van der Waals surface area contributed by atoms with Crippen LogP contribution in [0, 0.1) is 0 Å². The van der Waals surface area contributed by atoms with Crippen molar-refractivity contribution in [2.45, 2.75) is 51.7 Å². The Morgan fingerprint density at radius 3 is 2.62 bits per heavy atom. The zero-order valence-electron chi connectivity index (χ0n) is 18.0. The fourth-order valence-electron chi connectivity index (χ4n) is 3.24. The second-order valence-corrected chi connectivity index (χ2v) is 8.01. The third kappa shape index (κ3) is 7.00. The van der Waals surface area contributed by atoms with E-state index >= 15 is 0 Å². The smallest absolute Gasteiger partial charge is 0.407 e. The predicted octanol–water partition coefficient (Wildman–Crippen LogP) is 3.62. The standard InChI is InChI=1S/C22H32N2O5/c1-22(2,3)29-21(26)23-15-17-8-6-7-13-24(17)20(25)12-9-16-14-18(27-4)10-11-19(16)28-5/h9-12,14,17H,6-8,13,15H2,1-5H3,(H,23,26)/b12-9+. The van der Waals surface area contributed by atoms with Crippen molar-refractivity contribution >= 4 is 18.1 Å². The van der Waals surface area contributed by atoms with Gasteiger partial charge >= 0.3 is 6.09 Å². The molecule has 29 heavy (non-hydrogen) atoms. The van der Waals surface area contributed by atoms with E-state index in [-0.39, 0.29) is 11.9 Å². The van der Waals surface area contributed by atoms with Gasteiger partial charge in [-0.05, 0) is 64.3 Å². The largest absolute Gasteiger partial charge is 0.497 e. The Labute approximate surface area is 173 Å². The Bertz CT molecular complexity index is 739. The van der Waals surface area contributed by atoms with Gasteiger partial charge in [-0.15, -0.1) is 0 Å². The SMILES string of the molecule is COc1ccc(OC)c(/C=C/C(=O)N2CCCCC2CNC(=O)OC(C)(C)C)c1. The highest BCUT2D eigenvalue weighted by Gasteiger charge is 2.26. The fraction of sp³-hybridized carbons (Fsp3) is 0.545. The van der Waals surface area contributed by atoms with E-state index in [9.17, 15) is 9.59 Å². The molecule has 160 valence electrons. The average Bonchev–Trinajstić information content (AvgIpc) is 2.69. The lowest BCUT2D eigenvalue weighted by Gasteiger charge is -2.35. The van der Waals surface area contributed by atoms with E-state index in [1.54, 1.807) is 38.5 Å². The van der Waals surface area contributed by atoms with Crippen LogP contribution in [0.5, 0.6) is 11.5 Å². The quantitative estimate of drug-likeness (QED) is 0.733. The summed E-state index contributed by atoms with van der Waals surface area (Å²) >= 11 is 0. The minimum Gasteiger partial charge on any atom is -0.497 e. The van der Waals surface area contributed by atoms with E-state index in [4.69, 9.17) is 14.2 Å². The van der Waals surface area contributed by atoms with Crippen LogP contribution in [0.25, 0.3) is 6.08 Å². The van der Waals surface area contributed by atoms with Crippen molar-refractivity contribution in [3.8, 4) is 11.5 Å². The maximum absolute atomic E-state index is 12.8. The first-order valence-electron chi connectivity index (χ1n) is 9.91. The van der Waals surface area contributed by atoms with Crippen LogP contribution in [0.3, 0.4) is 0 Å². The summed E-state index contributed by atoms with van der Waals surface area (Å²) in [5, 5.41) is 2.79. The summed E-state index contributed by atoms with van der Waals surface area (Å²) in [4.78, 5) is 26.6. The van der Waals surface area contributed by atoms with E-state index in [0.717, 1.165) is 24.8 Å². The molecule has 1 aromatic rings. The minimum absolute atomic E-state index is 0.0550. The summed E-state index contributed by atoms with van der Waals surface area (Å²) < 4.78 is 15.9. The Kier molecular flexibility index (Phi) is 7.93. The summed E-state index contributed by atoms with van der Waals surface area (Å²) in [6, 6.07) is 5.37. The van der Waals surface area contributed by atoms with Gasteiger partial charge in [0.15, 0.2) is 0 Å². The van der Waals surface area contributed by atoms with Crippen LogP contribution in [0.15, 0.2) is 24.3 Å². The number of ether oxygens (including phenoxy) is 3. The molecule has 0 saturated carbocycles. The third-order valence-electron chi connectivity index (χ3n) is 4.63. The first-order chi connectivity index (χ1) is 13.7. The maximum Gasteiger partial charge on any atom is 0.407 e. The number of hydrogen-bond donors (Lipinski definition) is 1. The molecule has 1 aliphatic rings. The minimum atomic E-state index is -0.551. The summed E-state index contributed by atoms with van der Waals surface area (Å²) in [6.07, 6.45) is 5.63. The fourth-order valence-corrected chi connectivity index (χ4v) is 3.24. The van der Waals surface area contributed by atoms with Gasteiger partial charge in [0.2, 0.25) is 5.91 Å². The molecular formula is C22H32N2O5. The average molecular weight is 405 g/mol. The maximum atomic E-state index is 12.8. The molecule has 0 bridgehead atoms. The lowest BCUT2D eigenvalue weighted by molar-refractivity contribution is -0.129. The van der Waals surface area contributed by atoms with Gasteiger partial charge in [0, 0.05) is 30.8 Å². The summed E-state index contributed by atoms with van der Waals surface area (Å²) in [6.45, 7) is 6.50. The van der Waals surface area contributed by atoms with Gasteiger partial charge in [-0.2, -0.15) is 0 Å². The van der Waals surface area contributed by atoms with Crippen LogP contribution >= 0.6 is 0 Å². The van der Waals surface area contributed by atoms with Crippen LogP contribution in [-0.2, 0) is 9.53 Å². The first-order valence-corrected chi connectivity index (χ1v) is 9.91. The van der Waals surface area contributed by atoms with Crippen LogP contribution < -0.4 is 14.8 Å². The molecular weight excluding hydrogens is 372 g/mol. The molecule has 7 nitrogen and oxygen atoms in total. The van der Waals surface area contributed by atoms with Gasteiger partial charge in [0.05, 0.1) is 14.2 Å². The van der Waals surface area contributed by atoms with E-state index < -0.39 is 11.7 Å². The highest BCUT2D eigenvalue weighted by atomic mass is 16.6. The van der Waals surface area contributed by atoms with Gasteiger partial charge in [-0.1, -0.05) is 0 Å². The molecule has 2 amide bonds. The normalized spacial score (nSPS) is 17.1. The van der Waals surface area contributed by atoms with E-state index in [1.165, 1.54) is 0 Å². The number of nitrogens with zero attached hydrogens (tertiary/aromatic N) is 1. The molecule has 1 fully saturated rings. The van der Waals surface area contributed by atoms with Crippen molar-refractivity contribution in [3.63, 3.8) is 0 Å². The number of carbonyl (C=O) groups excluding carboxylic acids is 2. The number of nitrogens with one attached hydrogen (secondary N) is 1. The first kappa shape index (κ1) is 22.6. The molecule has 1 aromatic carbocycles. The molecule has 0 aliphatic carbocycles. The molecule has 0 radical (unpaired) electrons. The molecule has 1 heterocycles. The van der Waals surface area contributed by atoms with Crippen molar-refractivity contribution in [3.05, 3.63) is 29.8 Å². The Morgan fingerprint density at radius 1 is 1.21 bits per heavy atom. The number of piperidine rings is 1. The summed E-state index contributed by atoms with van der Waals surface area (Å²) in [5.74, 6) is 1.26. The number of rotatable bonds is 6. The van der Waals surface area contributed by atoms with Crippen molar-refractivity contribution in [2.75, 3.05) is 27.3 Å². The lowest BCUT2D eigenvalue weighted by Crippen LogP contribution is -2.49. The van der Waals surface area contributed by atoms with Crippen molar-refractivity contribution < 1.29 is 23.8 Å². The van der Waals surface area contributed by atoms with E-state index in [2.05, 4.69) is 5.32 Å². The van der Waals surface area contributed by atoms with Crippen LogP contribution in [0.4, 0.5) is 4.79 Å². The van der Waals surface area contributed by atoms with E-state index in [0.29, 0.717) is 24.6 Å². The highest BCUT2D eigenvalue weighted by Crippen LogP contribution is 2.25. The number of alkyl carbamates (subject to hydrolysis) is 1. The summed E-state index contributed by atoms with van der Waals surface area (Å²) in [5.41, 5.74) is 0.214. The molecule has 2 rings (SSSR count). The highest BCUT2D eigenvalue weighted by molar-refractivity contribution is 5.92. The number of methoxy groups -OCH3 is 2. The number of carbonyl (C=O) groups is 2. The lowest BCUT2D eigenvalue weighted by atomic mass is 10.0. The van der Waals surface area contributed by atoms with Gasteiger partial charge < -0.3 is 24.4 Å². The molecule has 1 saturated heterocycles. The molecule has 1 aliphatic heterocycles. The zero-order valence-corrected chi connectivity index (χ0v) is 18.0. The van der Waals surface area contributed by atoms with Crippen LogP contribution in [-0.4, -0.2) is 55.9 Å². The van der Waals surface area contributed by atoms with Gasteiger partial charge in [0.25, 0.3) is 0 Å². The number of amides is 2. The van der Waals surface area contributed by atoms with Gasteiger partial charge in [-0.3, -0.25) is 4.79 Å². The Morgan fingerprint density at radius 2 is 1.97 bits per heavy atom. The van der Waals surface area contributed by atoms with Gasteiger partial charge in [-0.25, -0.2) is 4.79 Å². The molecule has 1 N–H and O–H groups in total. The molecule has 7 heteroatoms. The molecule has 0 spiro atoms. The van der Waals surface area contributed by atoms with Crippen LogP contribution in [0.1, 0.15) is 45.6 Å². The third-order valence-corrected chi connectivity index (χ3v) is 4.63. The number of benzene rings is 1. The zero-order chi connectivity index (χ0) is 21.4.